The van der Waals surface area contributed by atoms with Crippen LogP contribution in [0.3, 0.4) is 0 Å². The van der Waals surface area contributed by atoms with Crippen LogP contribution in [0.25, 0.3) is 0 Å². The number of nitro benzene ring substituents is 1. The molecule has 7 nitrogen and oxygen atoms in total. The highest BCUT2D eigenvalue weighted by atomic mass is 16.6. The average Bonchev–Trinajstić information content (AvgIpc) is 2.40. The van der Waals surface area contributed by atoms with Gasteiger partial charge in [0.05, 0.1) is 16.7 Å². The number of hydrazone groups is 1. The van der Waals surface area contributed by atoms with Crippen LogP contribution in [0.15, 0.2) is 23.3 Å². The fraction of sp³-hybridized carbons (Fsp3) is 0.333. The number of benzene rings is 1. The molecule has 0 radical (unpaired) electrons. The largest absolute Gasteiger partial charge is 0.360 e. The van der Waals surface area contributed by atoms with Crippen LogP contribution in [0.1, 0.15) is 12.5 Å². The van der Waals surface area contributed by atoms with Crippen LogP contribution in [-0.4, -0.2) is 36.5 Å². The second-order valence-corrected chi connectivity index (χ2v) is 4.31. The number of hydrogen-bond donors (Lipinski definition) is 2. The Morgan fingerprint density at radius 3 is 2.79 bits per heavy atom. The quantitative estimate of drug-likeness (QED) is 0.621. The molecular formula is C12H15N5O2. The monoisotopic (exact) mass is 261 g/mol. The predicted octanol–water partition coefficient (Wildman–Crippen LogP) is 1.38. The van der Waals surface area contributed by atoms with Crippen LogP contribution in [0.4, 0.5) is 11.4 Å². The molecule has 0 aromatic heterocycles. The fourth-order valence-electron chi connectivity index (χ4n) is 2.24. The second kappa shape index (κ2) is 4.68. The minimum absolute atomic E-state index is 0.0140. The van der Waals surface area contributed by atoms with Crippen molar-refractivity contribution < 1.29 is 4.92 Å². The van der Waals surface area contributed by atoms with Gasteiger partial charge in [0.2, 0.25) is 0 Å². The molecule has 0 saturated carbocycles. The van der Waals surface area contributed by atoms with Gasteiger partial charge in [-0.05, 0) is 6.92 Å². The van der Waals surface area contributed by atoms with E-state index < -0.39 is 4.92 Å². The molecule has 1 heterocycles. The van der Waals surface area contributed by atoms with Gasteiger partial charge in [-0.2, -0.15) is 5.10 Å². The molecule has 2 rings (SSSR count). The molecule has 0 bridgehead atoms. The summed E-state index contributed by atoms with van der Waals surface area (Å²) in [5.41, 5.74) is 4.48. The molecule has 0 saturated heterocycles. The predicted molar refractivity (Wildman–Crippen MR) is 74.3 cm³/mol. The van der Waals surface area contributed by atoms with E-state index in [1.807, 2.05) is 6.92 Å². The van der Waals surface area contributed by atoms with Gasteiger partial charge in [-0.1, -0.05) is 12.1 Å². The van der Waals surface area contributed by atoms with Gasteiger partial charge in [-0.25, -0.2) is 0 Å². The minimum Gasteiger partial charge on any atom is -0.360 e. The van der Waals surface area contributed by atoms with Gasteiger partial charge in [0.15, 0.2) is 0 Å². The Labute approximate surface area is 110 Å². The smallest absolute Gasteiger partial charge is 0.293 e. The first kappa shape index (κ1) is 13.0. The van der Waals surface area contributed by atoms with Crippen molar-refractivity contribution in [3.63, 3.8) is 0 Å². The van der Waals surface area contributed by atoms with Gasteiger partial charge in [0, 0.05) is 25.7 Å². The Morgan fingerprint density at radius 1 is 1.53 bits per heavy atom. The van der Waals surface area contributed by atoms with Crippen molar-refractivity contribution >= 4 is 22.8 Å². The summed E-state index contributed by atoms with van der Waals surface area (Å²) in [6.07, 6.45) is 0. The van der Waals surface area contributed by atoms with Gasteiger partial charge < -0.3 is 10.3 Å². The SMILES string of the molecule is CN/N=C1\C(=N)c2cccc([N+](=O)[O-])c2N(C)C1C. The maximum Gasteiger partial charge on any atom is 0.293 e. The summed E-state index contributed by atoms with van der Waals surface area (Å²) in [5.74, 6) is 0. The molecule has 19 heavy (non-hydrogen) atoms. The molecule has 7 heteroatoms. The van der Waals surface area contributed by atoms with E-state index in [9.17, 15) is 10.1 Å². The summed E-state index contributed by atoms with van der Waals surface area (Å²) < 4.78 is 0. The Hall–Kier alpha value is -2.44. The average molecular weight is 261 g/mol. The summed E-state index contributed by atoms with van der Waals surface area (Å²) in [6.45, 7) is 1.87. The van der Waals surface area contributed by atoms with Crippen LogP contribution in [0.2, 0.25) is 0 Å². The van der Waals surface area contributed by atoms with Crippen molar-refractivity contribution in [1.29, 1.82) is 5.41 Å². The highest BCUT2D eigenvalue weighted by Crippen LogP contribution is 2.36. The highest BCUT2D eigenvalue weighted by molar-refractivity contribution is 6.51. The lowest BCUT2D eigenvalue weighted by Crippen LogP contribution is -2.46. The van der Waals surface area contributed by atoms with Gasteiger partial charge in [-0.15, -0.1) is 0 Å². The van der Waals surface area contributed by atoms with Gasteiger partial charge in [0.1, 0.15) is 11.4 Å². The van der Waals surface area contributed by atoms with Gasteiger partial charge in [-0.3, -0.25) is 15.5 Å². The van der Waals surface area contributed by atoms with E-state index in [0.29, 0.717) is 17.0 Å². The fourth-order valence-corrected chi connectivity index (χ4v) is 2.24. The molecule has 1 atom stereocenters. The van der Waals surface area contributed by atoms with E-state index in [2.05, 4.69) is 10.5 Å². The molecule has 0 aliphatic carbocycles. The van der Waals surface area contributed by atoms with Crippen molar-refractivity contribution in [2.45, 2.75) is 13.0 Å². The van der Waals surface area contributed by atoms with Crippen molar-refractivity contribution in [3.8, 4) is 0 Å². The molecule has 0 fully saturated rings. The lowest BCUT2D eigenvalue weighted by Gasteiger charge is -2.34. The molecule has 2 N–H and O–H groups in total. The van der Waals surface area contributed by atoms with Crippen LogP contribution in [0, 0.1) is 15.5 Å². The topological polar surface area (TPSA) is 94.6 Å². The third kappa shape index (κ3) is 1.92. The molecule has 0 amide bonds. The zero-order chi connectivity index (χ0) is 14.2. The number of nitro groups is 1. The number of anilines is 1. The molecular weight excluding hydrogens is 246 g/mol. The van der Waals surface area contributed by atoms with Crippen LogP contribution >= 0.6 is 0 Å². The Bertz CT molecular complexity index is 581. The normalized spacial score (nSPS) is 20.4. The van der Waals surface area contributed by atoms with Crippen LogP contribution in [-0.2, 0) is 0 Å². The van der Waals surface area contributed by atoms with E-state index in [1.54, 1.807) is 31.1 Å². The molecule has 1 aliphatic rings. The molecule has 1 aromatic carbocycles. The standard InChI is InChI=1S/C12H15N5O2/c1-7-11(15-14-2)10(13)8-5-4-6-9(17(18)19)12(8)16(7)3/h4-7,13-14H,1-3H3/b13-10?,15-11-. The highest BCUT2D eigenvalue weighted by Gasteiger charge is 2.35. The van der Waals surface area contributed by atoms with Crippen molar-refractivity contribution in [1.82, 2.24) is 5.43 Å². The number of rotatable bonds is 2. The maximum absolute atomic E-state index is 11.1. The molecule has 100 valence electrons. The van der Waals surface area contributed by atoms with Crippen molar-refractivity contribution in [3.05, 3.63) is 33.9 Å². The summed E-state index contributed by atoms with van der Waals surface area (Å²) >= 11 is 0. The summed E-state index contributed by atoms with van der Waals surface area (Å²) in [4.78, 5) is 12.5. The molecule has 1 aliphatic heterocycles. The first-order valence-corrected chi connectivity index (χ1v) is 5.83. The number of fused-ring (bicyclic) bond motifs is 1. The van der Waals surface area contributed by atoms with Crippen molar-refractivity contribution in [2.24, 2.45) is 5.10 Å². The lowest BCUT2D eigenvalue weighted by molar-refractivity contribution is -0.384. The summed E-state index contributed by atoms with van der Waals surface area (Å²) in [6, 6.07) is 4.55. The number of nitrogens with zero attached hydrogens (tertiary/aromatic N) is 3. The zero-order valence-corrected chi connectivity index (χ0v) is 11.0. The molecule has 1 aromatic rings. The van der Waals surface area contributed by atoms with E-state index >= 15 is 0 Å². The van der Waals surface area contributed by atoms with E-state index in [1.165, 1.54) is 6.07 Å². The van der Waals surface area contributed by atoms with Gasteiger partial charge >= 0.3 is 0 Å². The minimum atomic E-state index is -0.421. The summed E-state index contributed by atoms with van der Waals surface area (Å²) in [7, 11) is 3.43. The first-order valence-electron chi connectivity index (χ1n) is 5.83. The molecule has 0 spiro atoms. The summed E-state index contributed by atoms with van der Waals surface area (Å²) in [5, 5.41) is 23.4. The maximum atomic E-state index is 11.1. The number of hydrogen-bond acceptors (Lipinski definition) is 6. The Morgan fingerprint density at radius 2 is 2.21 bits per heavy atom. The lowest BCUT2D eigenvalue weighted by atomic mass is 9.92. The third-order valence-corrected chi connectivity index (χ3v) is 3.30. The number of nitrogens with one attached hydrogen (secondary N) is 2. The first-order chi connectivity index (χ1) is 8.99. The van der Waals surface area contributed by atoms with E-state index in [-0.39, 0.29) is 17.4 Å². The Kier molecular flexibility index (Phi) is 3.20. The van der Waals surface area contributed by atoms with Gasteiger partial charge in [0.25, 0.3) is 5.69 Å². The number of para-hydroxylation sites is 1. The zero-order valence-electron chi connectivity index (χ0n) is 11.0. The third-order valence-electron chi connectivity index (χ3n) is 3.30. The van der Waals surface area contributed by atoms with Crippen LogP contribution in [0.5, 0.6) is 0 Å². The van der Waals surface area contributed by atoms with E-state index in [4.69, 9.17) is 5.41 Å². The van der Waals surface area contributed by atoms with Crippen LogP contribution < -0.4 is 10.3 Å². The van der Waals surface area contributed by atoms with E-state index in [0.717, 1.165) is 0 Å². The second-order valence-electron chi connectivity index (χ2n) is 4.31. The van der Waals surface area contributed by atoms with Crippen molar-refractivity contribution in [2.75, 3.05) is 19.0 Å². The Balaban J connectivity index is 2.68. The molecule has 1 unspecified atom stereocenters.